The van der Waals surface area contributed by atoms with E-state index in [4.69, 9.17) is 11.6 Å². The molecule has 0 aliphatic rings. The van der Waals surface area contributed by atoms with Crippen molar-refractivity contribution in [2.75, 3.05) is 0 Å². The van der Waals surface area contributed by atoms with Crippen LogP contribution in [-0.4, -0.2) is 9.97 Å². The average molecular weight is 207 g/mol. The lowest BCUT2D eigenvalue weighted by molar-refractivity contribution is 1.12. The first-order chi connectivity index (χ1) is 6.77. The van der Waals surface area contributed by atoms with Gasteiger partial charge in [-0.05, 0) is 6.07 Å². The van der Waals surface area contributed by atoms with Crippen LogP contribution in [0, 0.1) is 0 Å². The van der Waals surface area contributed by atoms with Crippen LogP contribution in [0.5, 0.6) is 0 Å². The van der Waals surface area contributed by atoms with Crippen LogP contribution in [0.3, 0.4) is 0 Å². The van der Waals surface area contributed by atoms with Crippen LogP contribution in [-0.2, 0) is 0 Å². The Balaban J connectivity index is 2.61. The fourth-order valence-corrected chi connectivity index (χ4v) is 1.42. The molecular formula is C10H7ClN2O. The molecule has 0 spiro atoms. The molecule has 4 heteroatoms. The number of H-pyrrole nitrogens is 1. The lowest BCUT2D eigenvalue weighted by Gasteiger charge is -2.01. The number of aromatic nitrogens is 2. The Bertz CT molecular complexity index is 507. The van der Waals surface area contributed by atoms with E-state index in [0.717, 1.165) is 5.56 Å². The van der Waals surface area contributed by atoms with Crippen LogP contribution in [0.15, 0.2) is 41.5 Å². The molecule has 0 amide bonds. The van der Waals surface area contributed by atoms with E-state index in [2.05, 4.69) is 9.97 Å². The molecular weight excluding hydrogens is 200 g/mol. The van der Waals surface area contributed by atoms with Crippen LogP contribution < -0.4 is 5.56 Å². The molecule has 0 saturated heterocycles. The summed E-state index contributed by atoms with van der Waals surface area (Å²) in [5.41, 5.74) is 1.16. The zero-order valence-corrected chi connectivity index (χ0v) is 7.95. The number of benzene rings is 1. The summed E-state index contributed by atoms with van der Waals surface area (Å²) in [6.45, 7) is 0. The summed E-state index contributed by atoms with van der Waals surface area (Å²) in [6.07, 6.45) is 1.36. The van der Waals surface area contributed by atoms with Gasteiger partial charge < -0.3 is 4.98 Å². The second kappa shape index (κ2) is 3.64. The van der Waals surface area contributed by atoms with Gasteiger partial charge in [0, 0.05) is 16.7 Å². The molecule has 0 aliphatic carbocycles. The van der Waals surface area contributed by atoms with Crippen molar-refractivity contribution in [2.24, 2.45) is 0 Å². The summed E-state index contributed by atoms with van der Waals surface area (Å²) in [5.74, 6) is 0. The maximum absolute atomic E-state index is 11.0. The molecule has 0 fully saturated rings. The average Bonchev–Trinajstić information content (AvgIpc) is 2.18. The van der Waals surface area contributed by atoms with Crippen LogP contribution in [0.25, 0.3) is 11.3 Å². The highest BCUT2D eigenvalue weighted by atomic mass is 35.5. The molecule has 1 N–H and O–H groups in total. The van der Waals surface area contributed by atoms with Crippen molar-refractivity contribution >= 4 is 11.6 Å². The standard InChI is InChI=1S/C10H7ClN2O/c11-8-4-2-1-3-7(8)9-5-10(14)13-6-12-9/h1-6H,(H,12,13,14). The highest BCUT2D eigenvalue weighted by Gasteiger charge is 2.03. The van der Waals surface area contributed by atoms with Gasteiger partial charge in [-0.25, -0.2) is 4.98 Å². The molecule has 1 aromatic carbocycles. The molecule has 3 nitrogen and oxygen atoms in total. The third kappa shape index (κ3) is 1.67. The van der Waals surface area contributed by atoms with E-state index in [9.17, 15) is 4.79 Å². The molecule has 2 rings (SSSR count). The van der Waals surface area contributed by atoms with Crippen LogP contribution in [0.4, 0.5) is 0 Å². The summed E-state index contributed by atoms with van der Waals surface area (Å²) < 4.78 is 0. The van der Waals surface area contributed by atoms with Crippen molar-refractivity contribution in [3.05, 3.63) is 52.0 Å². The molecule has 0 radical (unpaired) electrons. The molecule has 14 heavy (non-hydrogen) atoms. The van der Waals surface area contributed by atoms with E-state index >= 15 is 0 Å². The number of rotatable bonds is 1. The Morgan fingerprint density at radius 3 is 2.79 bits per heavy atom. The van der Waals surface area contributed by atoms with Gasteiger partial charge in [-0.15, -0.1) is 0 Å². The molecule has 0 aliphatic heterocycles. The molecule has 0 unspecified atom stereocenters. The lowest BCUT2D eigenvalue weighted by Crippen LogP contribution is -2.04. The topological polar surface area (TPSA) is 45.8 Å². The molecule has 0 atom stereocenters. The number of hydrogen-bond acceptors (Lipinski definition) is 2. The summed E-state index contributed by atoms with van der Waals surface area (Å²) in [6, 6.07) is 8.69. The Kier molecular flexibility index (Phi) is 2.33. The van der Waals surface area contributed by atoms with Gasteiger partial charge in [0.1, 0.15) is 0 Å². The van der Waals surface area contributed by atoms with E-state index in [-0.39, 0.29) is 5.56 Å². The first-order valence-corrected chi connectivity index (χ1v) is 4.45. The second-order valence-corrected chi connectivity index (χ2v) is 3.18. The quantitative estimate of drug-likeness (QED) is 0.777. The highest BCUT2D eigenvalue weighted by Crippen LogP contribution is 2.24. The van der Waals surface area contributed by atoms with Gasteiger partial charge in [0.25, 0.3) is 5.56 Å². The zero-order chi connectivity index (χ0) is 9.97. The lowest BCUT2D eigenvalue weighted by atomic mass is 10.1. The van der Waals surface area contributed by atoms with Gasteiger partial charge in [-0.3, -0.25) is 4.79 Å². The van der Waals surface area contributed by atoms with Crippen molar-refractivity contribution in [3.8, 4) is 11.3 Å². The number of aromatic amines is 1. The third-order valence-electron chi connectivity index (χ3n) is 1.83. The fourth-order valence-electron chi connectivity index (χ4n) is 1.18. The molecule has 1 heterocycles. The molecule has 1 aromatic heterocycles. The number of halogens is 1. The SMILES string of the molecule is O=c1cc(-c2ccccc2Cl)nc[nH]1. The van der Waals surface area contributed by atoms with Gasteiger partial charge in [-0.2, -0.15) is 0 Å². The molecule has 70 valence electrons. The van der Waals surface area contributed by atoms with E-state index < -0.39 is 0 Å². The van der Waals surface area contributed by atoms with Crippen LogP contribution in [0.2, 0.25) is 5.02 Å². The highest BCUT2D eigenvalue weighted by molar-refractivity contribution is 6.33. The van der Waals surface area contributed by atoms with Gasteiger partial charge in [0.05, 0.1) is 12.0 Å². The van der Waals surface area contributed by atoms with Crippen molar-refractivity contribution in [3.63, 3.8) is 0 Å². The van der Waals surface area contributed by atoms with Gasteiger partial charge in [0.15, 0.2) is 0 Å². The van der Waals surface area contributed by atoms with Gasteiger partial charge in [0.2, 0.25) is 0 Å². The van der Waals surface area contributed by atoms with Crippen molar-refractivity contribution in [1.82, 2.24) is 9.97 Å². The summed E-state index contributed by atoms with van der Waals surface area (Å²) >= 11 is 5.96. The Morgan fingerprint density at radius 2 is 2.07 bits per heavy atom. The monoisotopic (exact) mass is 206 g/mol. The number of nitrogens with one attached hydrogen (secondary N) is 1. The Morgan fingerprint density at radius 1 is 1.29 bits per heavy atom. The van der Waals surface area contributed by atoms with E-state index in [1.165, 1.54) is 12.4 Å². The van der Waals surface area contributed by atoms with Crippen LogP contribution in [0.1, 0.15) is 0 Å². The van der Waals surface area contributed by atoms with Crippen molar-refractivity contribution in [1.29, 1.82) is 0 Å². The zero-order valence-electron chi connectivity index (χ0n) is 7.20. The first kappa shape index (κ1) is 8.97. The minimum Gasteiger partial charge on any atom is -0.313 e. The maximum Gasteiger partial charge on any atom is 0.251 e. The van der Waals surface area contributed by atoms with Gasteiger partial charge in [-0.1, -0.05) is 29.8 Å². The Labute approximate surface area is 85.4 Å². The molecule has 2 aromatic rings. The summed E-state index contributed by atoms with van der Waals surface area (Å²) in [5, 5.41) is 0.589. The van der Waals surface area contributed by atoms with E-state index in [0.29, 0.717) is 10.7 Å². The first-order valence-electron chi connectivity index (χ1n) is 4.07. The minimum atomic E-state index is -0.185. The third-order valence-corrected chi connectivity index (χ3v) is 2.16. The van der Waals surface area contributed by atoms with Gasteiger partial charge >= 0.3 is 0 Å². The number of nitrogens with zero attached hydrogens (tertiary/aromatic N) is 1. The summed E-state index contributed by atoms with van der Waals surface area (Å²) in [4.78, 5) is 17.5. The molecule has 0 bridgehead atoms. The predicted octanol–water partition coefficient (Wildman–Crippen LogP) is 2.09. The minimum absolute atomic E-state index is 0.185. The normalized spacial score (nSPS) is 10.1. The second-order valence-electron chi connectivity index (χ2n) is 2.78. The smallest absolute Gasteiger partial charge is 0.251 e. The summed E-state index contributed by atoms with van der Waals surface area (Å²) in [7, 11) is 0. The predicted molar refractivity (Wildman–Crippen MR) is 55.3 cm³/mol. The maximum atomic E-state index is 11.0. The largest absolute Gasteiger partial charge is 0.313 e. The van der Waals surface area contributed by atoms with Crippen molar-refractivity contribution in [2.45, 2.75) is 0 Å². The van der Waals surface area contributed by atoms with E-state index in [1.54, 1.807) is 6.07 Å². The Hall–Kier alpha value is -1.61. The fraction of sp³-hybridized carbons (Fsp3) is 0. The number of hydrogen-bond donors (Lipinski definition) is 1. The van der Waals surface area contributed by atoms with Crippen LogP contribution >= 0.6 is 11.6 Å². The van der Waals surface area contributed by atoms with E-state index in [1.807, 2.05) is 18.2 Å². The van der Waals surface area contributed by atoms with Crippen molar-refractivity contribution < 1.29 is 0 Å². The molecule has 0 saturated carbocycles.